The van der Waals surface area contributed by atoms with Crippen molar-refractivity contribution in [2.75, 3.05) is 0 Å². The highest BCUT2D eigenvalue weighted by Crippen LogP contribution is 2.01. The van der Waals surface area contributed by atoms with Crippen LogP contribution >= 0.6 is 0 Å². The molecule has 0 aliphatic rings. The van der Waals surface area contributed by atoms with Gasteiger partial charge in [0, 0.05) is 5.69 Å². The molecule has 0 saturated carbocycles. The number of aromatic nitrogens is 1. The average Bonchev–Trinajstić information content (AvgIpc) is 2.52. The van der Waals surface area contributed by atoms with Crippen LogP contribution in [-0.2, 0) is 6.42 Å². The standard InChI is InChI=1S/C8H12N4/c1-2-6-3-4-7(12-6)8(10)11-5-9/h3-5,12H,2H2,1H3,(H3,9,10,11). The molecule has 0 fully saturated rings. The van der Waals surface area contributed by atoms with Gasteiger partial charge in [0.1, 0.15) is 12.2 Å². The summed E-state index contributed by atoms with van der Waals surface area (Å²) in [5.41, 5.74) is 7.43. The van der Waals surface area contributed by atoms with Crippen molar-refractivity contribution in [3.05, 3.63) is 23.5 Å². The van der Waals surface area contributed by atoms with E-state index in [1.807, 2.05) is 12.1 Å². The summed E-state index contributed by atoms with van der Waals surface area (Å²) in [6.07, 6.45) is 1.87. The Hall–Kier alpha value is -1.58. The number of aromatic amines is 1. The lowest BCUT2D eigenvalue weighted by atomic mass is 10.3. The van der Waals surface area contributed by atoms with Gasteiger partial charge in [-0.1, -0.05) is 6.92 Å². The molecule has 0 unspecified atom stereocenters. The molecule has 0 bridgehead atoms. The first-order chi connectivity index (χ1) is 5.77. The number of aliphatic imine (C=N–C) groups is 1. The quantitative estimate of drug-likeness (QED) is 0.450. The van der Waals surface area contributed by atoms with Gasteiger partial charge in [0.15, 0.2) is 0 Å². The van der Waals surface area contributed by atoms with E-state index in [-0.39, 0.29) is 0 Å². The van der Waals surface area contributed by atoms with Crippen LogP contribution in [-0.4, -0.2) is 17.2 Å². The van der Waals surface area contributed by atoms with Crippen LogP contribution in [0.1, 0.15) is 18.3 Å². The zero-order valence-electron chi connectivity index (χ0n) is 6.96. The molecule has 1 rings (SSSR count). The van der Waals surface area contributed by atoms with Crippen molar-refractivity contribution >= 4 is 12.2 Å². The lowest BCUT2D eigenvalue weighted by molar-refractivity contribution is 1.06. The van der Waals surface area contributed by atoms with Gasteiger partial charge < -0.3 is 10.7 Å². The second kappa shape index (κ2) is 3.71. The summed E-state index contributed by atoms with van der Waals surface area (Å²) in [4.78, 5) is 6.74. The van der Waals surface area contributed by atoms with Crippen LogP contribution in [0, 0.1) is 5.41 Å². The number of hydrogen-bond acceptors (Lipinski definition) is 1. The van der Waals surface area contributed by atoms with Gasteiger partial charge in [0.2, 0.25) is 0 Å². The third-order valence-electron chi connectivity index (χ3n) is 1.61. The Kier molecular flexibility index (Phi) is 2.63. The molecular formula is C8H12N4. The van der Waals surface area contributed by atoms with Crippen molar-refractivity contribution in [2.24, 2.45) is 10.7 Å². The van der Waals surface area contributed by atoms with Crippen LogP contribution in [0.4, 0.5) is 0 Å². The van der Waals surface area contributed by atoms with Gasteiger partial charge in [-0.2, -0.15) is 0 Å². The molecule has 4 N–H and O–H groups in total. The van der Waals surface area contributed by atoms with Crippen molar-refractivity contribution in [2.45, 2.75) is 13.3 Å². The molecule has 0 radical (unpaired) electrons. The topological polar surface area (TPSA) is 78.0 Å². The Balaban J connectivity index is 2.88. The number of aryl methyl sites for hydroxylation is 1. The predicted octanol–water partition coefficient (Wildman–Crippen LogP) is 0.889. The van der Waals surface area contributed by atoms with Crippen molar-refractivity contribution in [3.63, 3.8) is 0 Å². The second-order valence-corrected chi connectivity index (χ2v) is 2.39. The minimum Gasteiger partial charge on any atom is -0.382 e. The molecule has 0 aliphatic heterocycles. The van der Waals surface area contributed by atoms with Gasteiger partial charge >= 0.3 is 0 Å². The highest BCUT2D eigenvalue weighted by molar-refractivity contribution is 5.99. The molecule has 12 heavy (non-hydrogen) atoms. The minimum atomic E-state index is 0.352. The van der Waals surface area contributed by atoms with Crippen molar-refractivity contribution < 1.29 is 0 Å². The minimum absolute atomic E-state index is 0.352. The Labute approximate surface area is 71.0 Å². The average molecular weight is 164 g/mol. The van der Waals surface area contributed by atoms with Crippen LogP contribution in [0.2, 0.25) is 0 Å². The molecule has 1 aromatic heterocycles. The molecule has 4 nitrogen and oxygen atoms in total. The Morgan fingerprint density at radius 1 is 1.75 bits per heavy atom. The molecule has 1 aromatic rings. The van der Waals surface area contributed by atoms with Crippen LogP contribution < -0.4 is 5.73 Å². The molecule has 0 amide bonds. The van der Waals surface area contributed by atoms with Crippen LogP contribution in [0.5, 0.6) is 0 Å². The number of nitrogens with two attached hydrogens (primary N) is 1. The summed E-state index contributed by atoms with van der Waals surface area (Å²) in [5, 5.41) is 6.73. The van der Waals surface area contributed by atoms with E-state index >= 15 is 0 Å². The zero-order valence-corrected chi connectivity index (χ0v) is 6.96. The van der Waals surface area contributed by atoms with Crippen LogP contribution in [0.3, 0.4) is 0 Å². The Morgan fingerprint density at radius 3 is 3.00 bits per heavy atom. The second-order valence-electron chi connectivity index (χ2n) is 2.39. The maximum absolute atomic E-state index is 6.73. The summed E-state index contributed by atoms with van der Waals surface area (Å²) in [5.74, 6) is 0.352. The third-order valence-corrected chi connectivity index (χ3v) is 1.61. The van der Waals surface area contributed by atoms with E-state index in [4.69, 9.17) is 11.1 Å². The van der Waals surface area contributed by atoms with Crippen molar-refractivity contribution in [1.29, 1.82) is 5.41 Å². The first-order valence-electron chi connectivity index (χ1n) is 3.78. The van der Waals surface area contributed by atoms with Gasteiger partial charge in [-0.3, -0.25) is 5.41 Å². The summed E-state index contributed by atoms with van der Waals surface area (Å²) in [7, 11) is 0. The summed E-state index contributed by atoms with van der Waals surface area (Å²) in [6.45, 7) is 2.06. The third kappa shape index (κ3) is 1.72. The van der Waals surface area contributed by atoms with E-state index in [0.717, 1.165) is 24.1 Å². The van der Waals surface area contributed by atoms with Gasteiger partial charge in [0.05, 0.1) is 5.69 Å². The van der Waals surface area contributed by atoms with E-state index in [0.29, 0.717) is 5.84 Å². The molecule has 0 aromatic carbocycles. The maximum Gasteiger partial charge on any atom is 0.148 e. The molecule has 0 saturated heterocycles. The Morgan fingerprint density at radius 2 is 2.50 bits per heavy atom. The number of hydrogen-bond donors (Lipinski definition) is 3. The van der Waals surface area contributed by atoms with E-state index in [9.17, 15) is 0 Å². The first-order valence-corrected chi connectivity index (χ1v) is 3.78. The van der Waals surface area contributed by atoms with E-state index in [1.54, 1.807) is 0 Å². The molecule has 64 valence electrons. The van der Waals surface area contributed by atoms with Gasteiger partial charge in [-0.25, -0.2) is 4.99 Å². The lowest BCUT2D eigenvalue weighted by Gasteiger charge is -1.93. The summed E-state index contributed by atoms with van der Waals surface area (Å²) >= 11 is 0. The fourth-order valence-corrected chi connectivity index (χ4v) is 0.935. The number of nitrogens with zero attached hydrogens (tertiary/aromatic N) is 1. The lowest BCUT2D eigenvalue weighted by Crippen LogP contribution is -2.13. The first kappa shape index (κ1) is 8.52. The van der Waals surface area contributed by atoms with Crippen molar-refractivity contribution in [3.8, 4) is 0 Å². The monoisotopic (exact) mass is 164 g/mol. The van der Waals surface area contributed by atoms with Gasteiger partial charge in [0.25, 0.3) is 0 Å². The zero-order chi connectivity index (χ0) is 8.97. The summed E-state index contributed by atoms with van der Waals surface area (Å²) < 4.78 is 0. The molecular weight excluding hydrogens is 152 g/mol. The highest BCUT2D eigenvalue weighted by atomic mass is 14.9. The van der Waals surface area contributed by atoms with E-state index in [1.165, 1.54) is 0 Å². The SMILES string of the molecule is CCc1ccc(C(N)=NC=N)[nH]1. The van der Waals surface area contributed by atoms with E-state index in [2.05, 4.69) is 16.9 Å². The maximum atomic E-state index is 6.73. The molecule has 0 spiro atoms. The van der Waals surface area contributed by atoms with Crippen molar-refractivity contribution in [1.82, 2.24) is 4.98 Å². The number of nitrogens with one attached hydrogen (secondary N) is 2. The van der Waals surface area contributed by atoms with Crippen LogP contribution in [0.25, 0.3) is 0 Å². The van der Waals surface area contributed by atoms with Gasteiger partial charge in [-0.05, 0) is 18.6 Å². The molecule has 1 heterocycles. The number of rotatable bonds is 3. The normalized spacial score (nSPS) is 11.6. The molecule has 0 aliphatic carbocycles. The Bertz CT molecular complexity index is 298. The highest BCUT2D eigenvalue weighted by Gasteiger charge is 1.99. The number of H-pyrrole nitrogens is 1. The number of amidine groups is 1. The van der Waals surface area contributed by atoms with Crippen LogP contribution in [0.15, 0.2) is 17.1 Å². The predicted molar refractivity (Wildman–Crippen MR) is 49.7 cm³/mol. The fraction of sp³-hybridized carbons (Fsp3) is 0.250. The molecule has 4 heteroatoms. The largest absolute Gasteiger partial charge is 0.382 e. The molecule has 0 atom stereocenters. The van der Waals surface area contributed by atoms with E-state index < -0.39 is 0 Å². The fourth-order valence-electron chi connectivity index (χ4n) is 0.935. The summed E-state index contributed by atoms with van der Waals surface area (Å²) in [6, 6.07) is 3.82. The van der Waals surface area contributed by atoms with Gasteiger partial charge in [-0.15, -0.1) is 0 Å². The smallest absolute Gasteiger partial charge is 0.148 e.